The number of nitroso groups, excluding NO2 is 1. The maximum atomic E-state index is 12.1. The van der Waals surface area contributed by atoms with Gasteiger partial charge in [-0.15, -0.1) is 11.3 Å². The van der Waals surface area contributed by atoms with E-state index in [1.807, 2.05) is 25.1 Å². The summed E-state index contributed by atoms with van der Waals surface area (Å²) in [7, 11) is 0. The Morgan fingerprint density at radius 1 is 1.34 bits per heavy atom. The minimum Gasteiger partial charge on any atom is -0.436 e. The van der Waals surface area contributed by atoms with Gasteiger partial charge in [0.2, 0.25) is 0 Å². The lowest BCUT2D eigenvalue weighted by Gasteiger charge is -2.43. The fraction of sp³-hybridized carbons (Fsp3) is 0.571. The van der Waals surface area contributed by atoms with Gasteiger partial charge >= 0.3 is 6.09 Å². The molecule has 0 spiro atoms. The number of piperidine rings is 1. The molecule has 0 radical (unpaired) electrons. The summed E-state index contributed by atoms with van der Waals surface area (Å²) in [6.07, 6.45) is 7.73. The van der Waals surface area contributed by atoms with Gasteiger partial charge in [0.05, 0.1) is 16.7 Å². The van der Waals surface area contributed by atoms with Crippen molar-refractivity contribution >= 4 is 17.5 Å². The predicted molar refractivity (Wildman–Crippen MR) is 114 cm³/mol. The van der Waals surface area contributed by atoms with Crippen molar-refractivity contribution in [1.82, 2.24) is 9.80 Å². The van der Waals surface area contributed by atoms with Crippen LogP contribution in [0.3, 0.4) is 0 Å². The number of likely N-dealkylation sites (tertiary alicyclic amines) is 2. The third-order valence-electron chi connectivity index (χ3n) is 5.95. The number of amides is 1. The molecule has 1 atom stereocenters. The van der Waals surface area contributed by atoms with Crippen LogP contribution >= 0.6 is 0 Å². The number of carbonyl (C=O) groups excluding carboxylic acids is 1. The second-order valence-corrected chi connectivity index (χ2v) is 8.08. The number of rotatable bonds is 6. The lowest BCUT2D eigenvalue weighted by molar-refractivity contribution is 0.0755. The molecule has 0 aliphatic carbocycles. The Kier molecular flexibility index (Phi) is 6.60. The smallest absolute Gasteiger partial charge is 0.410 e. The van der Waals surface area contributed by atoms with Crippen LogP contribution in [0.1, 0.15) is 31.7 Å². The lowest BCUT2D eigenvalue weighted by Crippen LogP contribution is -2.53. The zero-order chi connectivity index (χ0) is 20.9. The van der Waals surface area contributed by atoms with E-state index in [1.165, 1.54) is 0 Å². The molecule has 1 amide bonds. The van der Waals surface area contributed by atoms with E-state index in [-0.39, 0.29) is 18.2 Å². The van der Waals surface area contributed by atoms with Crippen LogP contribution in [0.5, 0.6) is 0 Å². The molecule has 8 heteroatoms. The Morgan fingerprint density at radius 2 is 2.10 bits per heavy atom. The minimum atomic E-state index is -0.327. The normalized spacial score (nSPS) is 22.7. The molecule has 29 heavy (non-hydrogen) atoms. The number of nitrogens with one attached hydrogen (secondary N) is 2. The van der Waals surface area contributed by atoms with E-state index in [0.717, 1.165) is 43.6 Å². The first-order valence-electron chi connectivity index (χ1n) is 10.0. The number of anilines is 2. The monoisotopic (exact) mass is 399 g/mol. The highest BCUT2D eigenvalue weighted by Crippen LogP contribution is 2.32. The lowest BCUT2D eigenvalue weighted by atomic mass is 9.93. The molecular formula is C21H29N5O3. The predicted octanol–water partition coefficient (Wildman–Crippen LogP) is 3.20. The first-order valence-corrected chi connectivity index (χ1v) is 10.0. The molecule has 2 fully saturated rings. The van der Waals surface area contributed by atoms with E-state index in [0.29, 0.717) is 24.8 Å². The number of aryl methyl sites for hydroxylation is 1. The van der Waals surface area contributed by atoms with Crippen molar-refractivity contribution in [3.05, 3.63) is 28.7 Å². The number of nitrogens with zero attached hydrogens (tertiary/aromatic N) is 3. The topological polar surface area (TPSA) is 86.3 Å². The Bertz CT molecular complexity index is 785. The van der Waals surface area contributed by atoms with Gasteiger partial charge in [0.25, 0.3) is 0 Å². The van der Waals surface area contributed by atoms with Crippen molar-refractivity contribution in [2.24, 2.45) is 5.29 Å². The van der Waals surface area contributed by atoms with Crippen LogP contribution < -0.4 is 10.7 Å². The van der Waals surface area contributed by atoms with Crippen LogP contribution in [0.15, 0.2) is 23.5 Å². The van der Waals surface area contributed by atoms with Gasteiger partial charge in [-0.05, 0) is 50.8 Å². The second-order valence-electron chi connectivity index (χ2n) is 8.08. The quantitative estimate of drug-likeness (QED) is 0.434. The van der Waals surface area contributed by atoms with Crippen LogP contribution in [-0.4, -0.2) is 60.3 Å². The molecule has 0 bridgehead atoms. The summed E-state index contributed by atoms with van der Waals surface area (Å²) in [6.45, 7) is 7.49. The summed E-state index contributed by atoms with van der Waals surface area (Å²) in [5.74, 6) is 2.33. The largest absolute Gasteiger partial charge is 0.436 e. The van der Waals surface area contributed by atoms with Gasteiger partial charge in [-0.2, -0.15) is 0 Å². The Morgan fingerprint density at radius 3 is 2.79 bits per heavy atom. The van der Waals surface area contributed by atoms with E-state index in [2.05, 4.69) is 33.8 Å². The molecule has 0 saturated carbocycles. The van der Waals surface area contributed by atoms with Gasteiger partial charge in [0, 0.05) is 37.8 Å². The molecule has 2 aliphatic rings. The molecule has 3 rings (SSSR count). The summed E-state index contributed by atoms with van der Waals surface area (Å²) >= 11 is 0. The van der Waals surface area contributed by atoms with Crippen molar-refractivity contribution in [2.75, 3.05) is 43.5 Å². The van der Waals surface area contributed by atoms with Gasteiger partial charge in [-0.3, -0.25) is 4.90 Å². The average Bonchev–Trinajstić information content (AvgIpc) is 3.12. The molecule has 1 unspecified atom stereocenters. The highest BCUT2D eigenvalue weighted by molar-refractivity contribution is 5.70. The van der Waals surface area contributed by atoms with Gasteiger partial charge in [-0.25, -0.2) is 10.2 Å². The summed E-state index contributed by atoms with van der Waals surface area (Å²) in [5, 5.41) is 6.36. The van der Waals surface area contributed by atoms with E-state index in [4.69, 9.17) is 11.2 Å². The first-order chi connectivity index (χ1) is 13.9. The fourth-order valence-electron chi connectivity index (χ4n) is 4.26. The van der Waals surface area contributed by atoms with Crippen LogP contribution in [0.4, 0.5) is 16.2 Å². The van der Waals surface area contributed by atoms with Crippen LogP contribution in [-0.2, 0) is 4.74 Å². The molecule has 2 saturated heterocycles. The van der Waals surface area contributed by atoms with Crippen LogP contribution in [0.25, 0.3) is 0 Å². The van der Waals surface area contributed by atoms with Gasteiger partial charge in [0.1, 0.15) is 0 Å². The van der Waals surface area contributed by atoms with E-state index in [9.17, 15) is 9.70 Å². The molecule has 0 aromatic heterocycles. The van der Waals surface area contributed by atoms with E-state index < -0.39 is 0 Å². The highest BCUT2D eigenvalue weighted by atomic mass is 16.6. The molecule has 2 heterocycles. The molecule has 2 aliphatic heterocycles. The zero-order valence-corrected chi connectivity index (χ0v) is 17.1. The third kappa shape index (κ3) is 4.98. The number of carbonyl (C=O) groups is 1. The first kappa shape index (κ1) is 20.9. The average molecular weight is 399 g/mol. The van der Waals surface area contributed by atoms with Crippen molar-refractivity contribution in [1.29, 1.82) is 0 Å². The molecule has 1 aromatic rings. The maximum Gasteiger partial charge on any atom is 0.410 e. The Hall–Kier alpha value is -2.79. The Labute approximate surface area is 171 Å². The van der Waals surface area contributed by atoms with E-state index >= 15 is 0 Å². The maximum absolute atomic E-state index is 12.1. The van der Waals surface area contributed by atoms with Crippen molar-refractivity contribution in [3.8, 4) is 12.3 Å². The SMILES string of the molecule is C#CCOC(=O)N1CCC(C)(N2CCC(Nc3cc(C)ccc3NN=O)CC2)C1. The highest BCUT2D eigenvalue weighted by Gasteiger charge is 2.42. The van der Waals surface area contributed by atoms with Crippen LogP contribution in [0, 0.1) is 24.2 Å². The summed E-state index contributed by atoms with van der Waals surface area (Å²) in [4.78, 5) is 26.9. The molecule has 156 valence electrons. The number of hydrogen-bond donors (Lipinski definition) is 2. The van der Waals surface area contributed by atoms with Gasteiger partial charge in [0.15, 0.2) is 6.61 Å². The number of benzene rings is 1. The zero-order valence-electron chi connectivity index (χ0n) is 17.1. The van der Waals surface area contributed by atoms with E-state index in [1.54, 1.807) is 4.90 Å². The summed E-state index contributed by atoms with van der Waals surface area (Å²) < 4.78 is 5.07. The van der Waals surface area contributed by atoms with Gasteiger partial charge in [-0.1, -0.05) is 12.0 Å². The molecular weight excluding hydrogens is 370 g/mol. The van der Waals surface area contributed by atoms with Crippen molar-refractivity contribution in [3.63, 3.8) is 0 Å². The number of hydrogen-bond acceptors (Lipinski definition) is 6. The van der Waals surface area contributed by atoms with Gasteiger partial charge < -0.3 is 15.0 Å². The van der Waals surface area contributed by atoms with Crippen molar-refractivity contribution < 1.29 is 9.53 Å². The number of ether oxygens (including phenoxy) is 1. The molecule has 8 nitrogen and oxygen atoms in total. The van der Waals surface area contributed by atoms with Crippen LogP contribution in [0.2, 0.25) is 0 Å². The second kappa shape index (κ2) is 9.14. The molecule has 2 N–H and O–H groups in total. The Balaban J connectivity index is 1.55. The van der Waals surface area contributed by atoms with Crippen molar-refractivity contribution in [2.45, 2.75) is 44.7 Å². The summed E-state index contributed by atoms with van der Waals surface area (Å²) in [6, 6.07) is 6.16. The minimum absolute atomic E-state index is 0.0124. The number of terminal acetylenes is 1. The molecule has 1 aromatic carbocycles. The summed E-state index contributed by atoms with van der Waals surface area (Å²) in [5.41, 5.74) is 5.19. The fourth-order valence-corrected chi connectivity index (χ4v) is 4.26. The third-order valence-corrected chi connectivity index (χ3v) is 5.95. The standard InChI is InChI=1S/C21H29N5O3/c1-4-13-29-20(27)25-12-9-21(3,15-25)26-10-7-17(8-11-26)22-19-14-16(2)5-6-18(19)23-24-28/h1,5-6,14,17,22H,7-13,15H2,2-3H3,(H,23,28).